The first-order valence-corrected chi connectivity index (χ1v) is 6.57. The molecule has 0 spiro atoms. The first-order chi connectivity index (χ1) is 9.58. The molecular weight excluding hydrogens is 263 g/mol. The number of carbonyl (C=O) groups excluding carboxylic acids is 1. The molecule has 0 atom stereocenters. The molecule has 0 aliphatic heterocycles. The Morgan fingerprint density at radius 1 is 1.35 bits per heavy atom. The third kappa shape index (κ3) is 3.94. The van der Waals surface area contributed by atoms with Crippen molar-refractivity contribution in [2.45, 2.75) is 31.8 Å². The average Bonchev–Trinajstić information content (AvgIpc) is 3.21. The van der Waals surface area contributed by atoms with Crippen molar-refractivity contribution >= 4 is 12.0 Å². The van der Waals surface area contributed by atoms with Crippen molar-refractivity contribution in [2.24, 2.45) is 0 Å². The third-order valence-corrected chi connectivity index (χ3v) is 3.16. The minimum Gasteiger partial charge on any atom is -0.481 e. The number of benzene rings is 1. The predicted octanol–water partition coefficient (Wildman–Crippen LogP) is 1.97. The fourth-order valence-corrected chi connectivity index (χ4v) is 1.94. The van der Waals surface area contributed by atoms with Crippen molar-refractivity contribution in [3.05, 3.63) is 35.6 Å². The van der Waals surface area contributed by atoms with E-state index < -0.39 is 5.97 Å². The van der Waals surface area contributed by atoms with E-state index in [0.29, 0.717) is 5.56 Å². The summed E-state index contributed by atoms with van der Waals surface area (Å²) in [6, 6.07) is 6.13. The highest BCUT2D eigenvalue weighted by molar-refractivity contribution is 5.76. The van der Waals surface area contributed by atoms with Crippen LogP contribution in [0.4, 0.5) is 9.18 Å². The molecule has 0 aromatic heterocycles. The van der Waals surface area contributed by atoms with Crippen LogP contribution in [-0.2, 0) is 11.3 Å². The van der Waals surface area contributed by atoms with E-state index in [1.807, 2.05) is 0 Å². The van der Waals surface area contributed by atoms with E-state index in [4.69, 9.17) is 5.11 Å². The Bertz CT molecular complexity index is 503. The minimum absolute atomic E-state index is 0.0780. The quantitative estimate of drug-likeness (QED) is 0.837. The number of amides is 2. The lowest BCUT2D eigenvalue weighted by molar-refractivity contribution is -0.136. The average molecular weight is 280 g/mol. The van der Waals surface area contributed by atoms with E-state index >= 15 is 0 Å². The number of carboxylic acids is 1. The van der Waals surface area contributed by atoms with Crippen molar-refractivity contribution in [1.82, 2.24) is 10.2 Å². The van der Waals surface area contributed by atoms with Gasteiger partial charge in [-0.05, 0) is 18.9 Å². The summed E-state index contributed by atoms with van der Waals surface area (Å²) >= 11 is 0. The summed E-state index contributed by atoms with van der Waals surface area (Å²) < 4.78 is 13.6. The van der Waals surface area contributed by atoms with E-state index in [1.165, 1.54) is 6.07 Å². The Labute approximate surface area is 116 Å². The van der Waals surface area contributed by atoms with Gasteiger partial charge in [0.25, 0.3) is 0 Å². The molecule has 0 radical (unpaired) electrons. The lowest BCUT2D eigenvalue weighted by Gasteiger charge is -2.23. The molecule has 20 heavy (non-hydrogen) atoms. The minimum atomic E-state index is -0.961. The summed E-state index contributed by atoms with van der Waals surface area (Å²) in [5.74, 6) is -1.30. The number of rotatable bonds is 6. The van der Waals surface area contributed by atoms with E-state index in [0.717, 1.165) is 12.8 Å². The van der Waals surface area contributed by atoms with Gasteiger partial charge >= 0.3 is 12.0 Å². The Morgan fingerprint density at radius 3 is 2.65 bits per heavy atom. The SMILES string of the molecule is O=C(O)CCNC(=O)N(Cc1ccccc1F)C1CC1. The van der Waals surface area contributed by atoms with Crippen molar-refractivity contribution in [3.63, 3.8) is 0 Å². The van der Waals surface area contributed by atoms with Crippen LogP contribution in [0.15, 0.2) is 24.3 Å². The summed E-state index contributed by atoms with van der Waals surface area (Å²) in [5, 5.41) is 11.1. The molecule has 6 heteroatoms. The van der Waals surface area contributed by atoms with Gasteiger partial charge < -0.3 is 15.3 Å². The molecule has 0 unspecified atom stereocenters. The van der Waals surface area contributed by atoms with Gasteiger partial charge in [-0.2, -0.15) is 0 Å². The van der Waals surface area contributed by atoms with Crippen LogP contribution < -0.4 is 5.32 Å². The number of urea groups is 1. The zero-order valence-electron chi connectivity index (χ0n) is 11.0. The second kappa shape index (κ2) is 6.36. The third-order valence-electron chi connectivity index (χ3n) is 3.16. The van der Waals surface area contributed by atoms with Crippen LogP contribution >= 0.6 is 0 Å². The number of carboxylic acid groups (broad SMARTS) is 1. The first-order valence-electron chi connectivity index (χ1n) is 6.57. The van der Waals surface area contributed by atoms with Gasteiger partial charge in [-0.3, -0.25) is 4.79 Å². The van der Waals surface area contributed by atoms with Crippen molar-refractivity contribution in [1.29, 1.82) is 0 Å². The van der Waals surface area contributed by atoms with Gasteiger partial charge in [0.05, 0.1) is 13.0 Å². The summed E-state index contributed by atoms with van der Waals surface area (Å²) in [5.41, 5.74) is 0.466. The van der Waals surface area contributed by atoms with Gasteiger partial charge in [-0.25, -0.2) is 9.18 Å². The number of hydrogen-bond acceptors (Lipinski definition) is 2. The summed E-state index contributed by atoms with van der Waals surface area (Å²) in [6.45, 7) is 0.283. The number of carbonyl (C=O) groups is 2. The molecule has 5 nitrogen and oxygen atoms in total. The molecule has 1 aliphatic carbocycles. The van der Waals surface area contributed by atoms with Crippen molar-refractivity contribution < 1.29 is 19.1 Å². The van der Waals surface area contributed by atoms with Gasteiger partial charge in [-0.1, -0.05) is 18.2 Å². The van der Waals surface area contributed by atoms with Gasteiger partial charge in [0.2, 0.25) is 0 Å². The van der Waals surface area contributed by atoms with Gasteiger partial charge in [-0.15, -0.1) is 0 Å². The van der Waals surface area contributed by atoms with Crippen molar-refractivity contribution in [3.8, 4) is 0 Å². The highest BCUT2D eigenvalue weighted by Gasteiger charge is 2.32. The molecule has 1 aliphatic rings. The molecule has 2 rings (SSSR count). The van der Waals surface area contributed by atoms with E-state index in [1.54, 1.807) is 23.1 Å². The smallest absolute Gasteiger partial charge is 0.317 e. The number of halogens is 1. The molecule has 2 N–H and O–H groups in total. The number of nitrogens with one attached hydrogen (secondary N) is 1. The predicted molar refractivity (Wildman–Crippen MR) is 70.6 cm³/mol. The highest BCUT2D eigenvalue weighted by atomic mass is 19.1. The molecule has 0 bridgehead atoms. The highest BCUT2D eigenvalue weighted by Crippen LogP contribution is 2.28. The van der Waals surface area contributed by atoms with Crippen LogP contribution in [0.5, 0.6) is 0 Å². The van der Waals surface area contributed by atoms with Crippen LogP contribution in [0.1, 0.15) is 24.8 Å². The van der Waals surface area contributed by atoms with E-state index in [2.05, 4.69) is 5.32 Å². The fraction of sp³-hybridized carbons (Fsp3) is 0.429. The molecule has 0 heterocycles. The van der Waals surface area contributed by atoms with E-state index in [-0.39, 0.29) is 37.4 Å². The molecule has 1 aromatic rings. The maximum atomic E-state index is 13.6. The maximum absolute atomic E-state index is 13.6. The molecule has 1 fully saturated rings. The lowest BCUT2D eigenvalue weighted by atomic mass is 10.2. The van der Waals surface area contributed by atoms with Gasteiger partial charge in [0.15, 0.2) is 0 Å². The summed E-state index contributed by atoms with van der Waals surface area (Å²) in [7, 11) is 0. The molecule has 0 saturated heterocycles. The Kier molecular flexibility index (Phi) is 4.55. The van der Waals surface area contributed by atoms with Crippen LogP contribution in [0, 0.1) is 5.82 Å². The standard InChI is InChI=1S/C14H17FN2O3/c15-12-4-2-1-3-10(12)9-17(11-5-6-11)14(20)16-8-7-13(18)19/h1-4,11H,5-9H2,(H,16,20)(H,18,19). The van der Waals surface area contributed by atoms with Crippen LogP contribution in [-0.4, -0.2) is 34.6 Å². The monoisotopic (exact) mass is 280 g/mol. The Morgan fingerprint density at radius 2 is 2.05 bits per heavy atom. The van der Waals surface area contributed by atoms with Crippen LogP contribution in [0.25, 0.3) is 0 Å². The molecule has 1 saturated carbocycles. The molecular formula is C14H17FN2O3. The normalized spacial score (nSPS) is 13.8. The number of aliphatic carboxylic acids is 1. The van der Waals surface area contributed by atoms with E-state index in [9.17, 15) is 14.0 Å². The number of hydrogen-bond donors (Lipinski definition) is 2. The zero-order chi connectivity index (χ0) is 14.5. The lowest BCUT2D eigenvalue weighted by Crippen LogP contribution is -2.41. The summed E-state index contributed by atoms with van der Waals surface area (Å²) in [4.78, 5) is 24.0. The van der Waals surface area contributed by atoms with Crippen LogP contribution in [0.3, 0.4) is 0 Å². The Balaban J connectivity index is 1.95. The topological polar surface area (TPSA) is 69.6 Å². The molecule has 108 valence electrons. The molecule has 2 amide bonds. The number of nitrogens with zero attached hydrogens (tertiary/aromatic N) is 1. The second-order valence-electron chi connectivity index (χ2n) is 4.83. The second-order valence-corrected chi connectivity index (χ2v) is 4.83. The fourth-order valence-electron chi connectivity index (χ4n) is 1.94. The Hall–Kier alpha value is -2.11. The zero-order valence-corrected chi connectivity index (χ0v) is 11.0. The largest absolute Gasteiger partial charge is 0.481 e. The van der Waals surface area contributed by atoms with Gasteiger partial charge in [0, 0.05) is 18.2 Å². The van der Waals surface area contributed by atoms with Crippen molar-refractivity contribution in [2.75, 3.05) is 6.54 Å². The summed E-state index contributed by atoms with van der Waals surface area (Å²) in [6.07, 6.45) is 1.69. The maximum Gasteiger partial charge on any atom is 0.317 e. The first kappa shape index (κ1) is 14.3. The van der Waals surface area contributed by atoms with Gasteiger partial charge in [0.1, 0.15) is 5.82 Å². The van der Waals surface area contributed by atoms with Crippen LogP contribution in [0.2, 0.25) is 0 Å². The molecule has 1 aromatic carbocycles.